The summed E-state index contributed by atoms with van der Waals surface area (Å²) in [7, 11) is 0. The molecule has 172 valence electrons. The maximum Gasteiger partial charge on any atom is 0.451 e. The minimum Gasteiger partial charge on any atom is -0.424 e. The molecule has 4 heterocycles. The van der Waals surface area contributed by atoms with E-state index in [0.717, 1.165) is 32.5 Å². The first-order valence-electron chi connectivity index (χ1n) is 10.4. The van der Waals surface area contributed by atoms with Crippen molar-refractivity contribution in [1.29, 1.82) is 0 Å². The summed E-state index contributed by atoms with van der Waals surface area (Å²) in [5, 5.41) is 7.98. The maximum atomic E-state index is 13.2. The Balaban J connectivity index is 1.54. The van der Waals surface area contributed by atoms with Crippen LogP contribution in [0.4, 0.5) is 24.7 Å². The fraction of sp³-hybridized carbons (Fsp3) is 0.333. The third-order valence-corrected chi connectivity index (χ3v) is 6.36. The Kier molecular flexibility index (Phi) is 5.31. The van der Waals surface area contributed by atoms with E-state index in [1.54, 1.807) is 35.6 Å². The summed E-state index contributed by atoms with van der Waals surface area (Å²) in [6.45, 7) is 2.66. The molecule has 12 heteroatoms. The third-order valence-electron chi connectivity index (χ3n) is 5.27. The number of ether oxygens (including phenoxy) is 1. The number of aryl methyl sites for hydroxylation is 1. The molecule has 0 bridgehead atoms. The van der Waals surface area contributed by atoms with Crippen molar-refractivity contribution in [2.45, 2.75) is 39.0 Å². The van der Waals surface area contributed by atoms with Gasteiger partial charge < -0.3 is 19.9 Å². The minimum atomic E-state index is -4.55. The zero-order valence-corrected chi connectivity index (χ0v) is 18.4. The highest BCUT2D eigenvalue weighted by Crippen LogP contribution is 2.36. The summed E-state index contributed by atoms with van der Waals surface area (Å²) in [6.07, 6.45) is -2.67. The number of nitrogen functional groups attached to an aromatic ring is 1. The van der Waals surface area contributed by atoms with Crippen molar-refractivity contribution in [1.82, 2.24) is 24.7 Å². The van der Waals surface area contributed by atoms with Crippen molar-refractivity contribution >= 4 is 33.1 Å². The van der Waals surface area contributed by atoms with E-state index >= 15 is 0 Å². The van der Waals surface area contributed by atoms with Gasteiger partial charge in [0.25, 0.3) is 0 Å². The predicted molar refractivity (Wildman–Crippen MR) is 118 cm³/mol. The molecule has 0 unspecified atom stereocenters. The van der Waals surface area contributed by atoms with Crippen LogP contribution in [0.25, 0.3) is 10.2 Å². The summed E-state index contributed by atoms with van der Waals surface area (Å²) >= 11 is 1.56. The Morgan fingerprint density at radius 3 is 2.76 bits per heavy atom. The van der Waals surface area contributed by atoms with Crippen LogP contribution in [0.15, 0.2) is 30.3 Å². The SMILES string of the molecule is CCCc1cc2c(N3CCn4c(nnc4C(F)(F)F)C3)nc(Oc3cccc(N)c3)nc2s1. The van der Waals surface area contributed by atoms with E-state index in [-0.39, 0.29) is 24.9 Å². The molecule has 0 spiro atoms. The van der Waals surface area contributed by atoms with E-state index in [4.69, 9.17) is 10.5 Å². The molecule has 0 radical (unpaired) electrons. The van der Waals surface area contributed by atoms with Crippen molar-refractivity contribution in [3.63, 3.8) is 0 Å². The van der Waals surface area contributed by atoms with Gasteiger partial charge in [-0.3, -0.25) is 0 Å². The van der Waals surface area contributed by atoms with Crippen LogP contribution >= 0.6 is 11.3 Å². The molecule has 1 aliphatic heterocycles. The average Bonchev–Trinajstić information content (AvgIpc) is 3.36. The van der Waals surface area contributed by atoms with Crippen LogP contribution < -0.4 is 15.4 Å². The third kappa shape index (κ3) is 4.17. The summed E-state index contributed by atoms with van der Waals surface area (Å²) < 4.78 is 46.7. The molecule has 0 saturated heterocycles. The van der Waals surface area contributed by atoms with Crippen molar-refractivity contribution in [2.24, 2.45) is 0 Å². The molecule has 1 aliphatic rings. The fourth-order valence-electron chi connectivity index (χ4n) is 3.83. The van der Waals surface area contributed by atoms with Gasteiger partial charge in [0.1, 0.15) is 16.4 Å². The molecule has 0 aliphatic carbocycles. The number of anilines is 2. The number of rotatable bonds is 5. The number of benzene rings is 1. The lowest BCUT2D eigenvalue weighted by Crippen LogP contribution is -2.36. The highest BCUT2D eigenvalue weighted by atomic mass is 32.1. The Hall–Kier alpha value is -3.41. The van der Waals surface area contributed by atoms with Crippen LogP contribution in [0.3, 0.4) is 0 Å². The lowest BCUT2D eigenvalue weighted by Gasteiger charge is -2.29. The normalized spacial score (nSPS) is 14.0. The Labute approximate surface area is 190 Å². The molecule has 0 saturated carbocycles. The van der Waals surface area contributed by atoms with E-state index < -0.39 is 12.0 Å². The number of aromatic nitrogens is 5. The maximum absolute atomic E-state index is 13.2. The lowest BCUT2D eigenvalue weighted by molar-refractivity contribution is -0.147. The van der Waals surface area contributed by atoms with Gasteiger partial charge >= 0.3 is 12.2 Å². The van der Waals surface area contributed by atoms with Crippen molar-refractivity contribution in [2.75, 3.05) is 17.2 Å². The van der Waals surface area contributed by atoms with Gasteiger partial charge in [-0.2, -0.15) is 23.1 Å². The first-order chi connectivity index (χ1) is 15.8. The highest BCUT2D eigenvalue weighted by Gasteiger charge is 2.39. The van der Waals surface area contributed by atoms with E-state index in [1.807, 2.05) is 11.0 Å². The summed E-state index contributed by atoms with van der Waals surface area (Å²) in [4.78, 5) is 13.0. The number of hydrogen-bond donors (Lipinski definition) is 1. The zero-order chi connectivity index (χ0) is 23.2. The first-order valence-corrected chi connectivity index (χ1v) is 11.2. The number of thiophene rings is 1. The number of fused-ring (bicyclic) bond motifs is 2. The Bertz CT molecular complexity index is 1320. The Morgan fingerprint density at radius 1 is 1.15 bits per heavy atom. The van der Waals surface area contributed by atoms with Crippen molar-refractivity contribution < 1.29 is 17.9 Å². The van der Waals surface area contributed by atoms with Gasteiger partial charge in [0.05, 0.1) is 11.9 Å². The van der Waals surface area contributed by atoms with Gasteiger partial charge in [0.2, 0.25) is 5.82 Å². The molecule has 2 N–H and O–H groups in total. The van der Waals surface area contributed by atoms with Crippen molar-refractivity contribution in [3.8, 4) is 11.8 Å². The molecule has 1 aromatic carbocycles. The second-order valence-electron chi connectivity index (χ2n) is 7.70. The molecule has 3 aromatic heterocycles. The lowest BCUT2D eigenvalue weighted by atomic mass is 10.2. The van der Waals surface area contributed by atoms with Crippen LogP contribution in [-0.2, 0) is 25.7 Å². The molecule has 0 atom stereocenters. The molecule has 0 amide bonds. The van der Waals surface area contributed by atoms with Crippen molar-refractivity contribution in [3.05, 3.63) is 46.9 Å². The van der Waals surface area contributed by atoms with E-state index in [2.05, 4.69) is 27.1 Å². The highest BCUT2D eigenvalue weighted by molar-refractivity contribution is 7.18. The van der Waals surface area contributed by atoms with Crippen LogP contribution in [0.2, 0.25) is 0 Å². The van der Waals surface area contributed by atoms with Gasteiger partial charge in [-0.1, -0.05) is 19.4 Å². The van der Waals surface area contributed by atoms with Crippen LogP contribution in [-0.4, -0.2) is 31.3 Å². The number of alkyl halides is 3. The number of nitrogens with zero attached hydrogens (tertiary/aromatic N) is 6. The van der Waals surface area contributed by atoms with E-state index in [0.29, 0.717) is 23.8 Å². The average molecular weight is 476 g/mol. The smallest absolute Gasteiger partial charge is 0.424 e. The largest absolute Gasteiger partial charge is 0.451 e. The summed E-state index contributed by atoms with van der Waals surface area (Å²) in [6, 6.07) is 9.14. The standard InChI is InChI=1S/C21H20F3N7OS/c1-2-4-14-10-15-17(30-7-8-31-16(11-30)28-29-19(31)21(22,23)24)26-20(27-18(15)33-14)32-13-6-3-5-12(25)9-13/h3,5-6,9-10H,2,4,7-8,11,25H2,1H3. The fourth-order valence-corrected chi connectivity index (χ4v) is 4.94. The quantitative estimate of drug-likeness (QED) is 0.420. The topological polar surface area (TPSA) is 95.0 Å². The molecule has 8 nitrogen and oxygen atoms in total. The van der Waals surface area contributed by atoms with E-state index in [1.165, 1.54) is 0 Å². The van der Waals surface area contributed by atoms with E-state index in [9.17, 15) is 13.2 Å². The summed E-state index contributed by atoms with van der Waals surface area (Å²) in [5.74, 6) is 0.359. The Morgan fingerprint density at radius 2 is 2.00 bits per heavy atom. The van der Waals surface area contributed by atoms with Crippen LogP contribution in [0.1, 0.15) is 29.9 Å². The second kappa shape index (κ2) is 8.18. The monoisotopic (exact) mass is 475 g/mol. The second-order valence-corrected chi connectivity index (χ2v) is 8.81. The predicted octanol–water partition coefficient (Wildman–Crippen LogP) is 4.65. The van der Waals surface area contributed by atoms with Gasteiger partial charge in [-0.15, -0.1) is 21.5 Å². The first kappa shape index (κ1) is 21.4. The van der Waals surface area contributed by atoms with Gasteiger partial charge in [-0.25, -0.2) is 0 Å². The zero-order valence-electron chi connectivity index (χ0n) is 17.6. The van der Waals surface area contributed by atoms with Gasteiger partial charge in [0, 0.05) is 29.7 Å². The molecule has 5 rings (SSSR count). The van der Waals surface area contributed by atoms with Crippen LogP contribution in [0.5, 0.6) is 11.8 Å². The molecular weight excluding hydrogens is 455 g/mol. The number of hydrogen-bond acceptors (Lipinski definition) is 8. The molecule has 33 heavy (non-hydrogen) atoms. The van der Waals surface area contributed by atoms with Crippen LogP contribution in [0, 0.1) is 0 Å². The molecule has 4 aromatic rings. The minimum absolute atomic E-state index is 0.0973. The number of nitrogens with two attached hydrogens (primary N) is 1. The van der Waals surface area contributed by atoms with Gasteiger partial charge in [0.15, 0.2) is 5.82 Å². The molecule has 0 fully saturated rings. The number of halogens is 3. The summed E-state index contributed by atoms with van der Waals surface area (Å²) in [5.41, 5.74) is 6.39. The van der Waals surface area contributed by atoms with Gasteiger partial charge in [-0.05, 0) is 24.6 Å². The molecular formula is C21H20F3N7OS.